The molecule has 0 aromatic heterocycles. The highest BCUT2D eigenvalue weighted by molar-refractivity contribution is 7.93. The maximum atomic E-state index is 13.3. The van der Waals surface area contributed by atoms with E-state index in [1.54, 1.807) is 0 Å². The van der Waals surface area contributed by atoms with Crippen LogP contribution in [-0.4, -0.2) is 59.0 Å². The van der Waals surface area contributed by atoms with Crippen LogP contribution in [0.3, 0.4) is 0 Å². The number of rotatable bonds is 10. The van der Waals surface area contributed by atoms with E-state index in [1.807, 2.05) is 0 Å². The van der Waals surface area contributed by atoms with E-state index in [9.17, 15) is 57.8 Å². The number of phenolic OH excluding ortho intramolecular Hbond substituents is 2. The van der Waals surface area contributed by atoms with Crippen LogP contribution >= 0.6 is 0 Å². The first-order chi connectivity index (χ1) is 25.2. The predicted molar refractivity (Wildman–Crippen MR) is 198 cm³/mol. The minimum atomic E-state index is -4.73. The summed E-state index contributed by atoms with van der Waals surface area (Å²) in [6.45, 7) is 0. The number of phenols is 2. The lowest BCUT2D eigenvalue weighted by molar-refractivity contribution is 0.262. The highest BCUT2D eigenvalue weighted by atomic mass is 32.2. The molecule has 0 bridgehead atoms. The molecular weight excluding hydrogens is 789 g/mol. The van der Waals surface area contributed by atoms with Crippen LogP contribution in [0.4, 0.5) is 27.5 Å². The maximum absolute atomic E-state index is 13.3. The van der Waals surface area contributed by atoms with Gasteiger partial charge in [0.25, 0.3) is 40.3 Å². The van der Waals surface area contributed by atoms with Gasteiger partial charge in [-0.3, -0.25) is 18.5 Å². The molecule has 0 spiro atoms. The number of aromatic hydroxyl groups is 2. The van der Waals surface area contributed by atoms with Crippen LogP contribution in [0.1, 0.15) is 0 Å². The minimum Gasteiger partial charge on any atom is -0.507 e. The second kappa shape index (κ2) is 13.8. The normalized spacial score (nSPS) is 12.3. The van der Waals surface area contributed by atoms with Crippen LogP contribution in [0.25, 0.3) is 21.5 Å². The third-order valence-electron chi connectivity index (χ3n) is 7.73. The molecule has 17 nitrogen and oxygen atoms in total. The number of urea groups is 1. The zero-order chi connectivity index (χ0) is 39.2. The molecule has 6 rings (SSSR count). The van der Waals surface area contributed by atoms with Gasteiger partial charge in [0.15, 0.2) is 0 Å². The zero-order valence-corrected chi connectivity index (χ0v) is 30.3. The summed E-state index contributed by atoms with van der Waals surface area (Å²) in [6.07, 6.45) is 0. The Hall–Kier alpha value is -5.97. The Labute approximate surface area is 307 Å². The van der Waals surface area contributed by atoms with Crippen molar-refractivity contribution in [3.05, 3.63) is 109 Å². The van der Waals surface area contributed by atoms with E-state index in [0.717, 1.165) is 48.5 Å². The summed E-state index contributed by atoms with van der Waals surface area (Å²) in [6, 6.07) is 20.7. The first kappa shape index (κ1) is 37.8. The minimum absolute atomic E-state index is 0.0174. The van der Waals surface area contributed by atoms with Gasteiger partial charge in [0.2, 0.25) is 0 Å². The number of carbonyl (C=O) groups excluding carboxylic acids is 1. The molecule has 0 heterocycles. The number of hydrogen-bond acceptors (Lipinski definition) is 11. The molecule has 280 valence electrons. The van der Waals surface area contributed by atoms with Crippen molar-refractivity contribution >= 4 is 90.6 Å². The van der Waals surface area contributed by atoms with Gasteiger partial charge in [-0.05, 0) is 60.7 Å². The van der Waals surface area contributed by atoms with Gasteiger partial charge in [-0.25, -0.2) is 21.6 Å². The summed E-state index contributed by atoms with van der Waals surface area (Å²) in [5.41, 5.74) is -0.513. The molecule has 0 aliphatic rings. The molecule has 2 amide bonds. The summed E-state index contributed by atoms with van der Waals surface area (Å²) in [5.74, 6) is -0.949. The molecule has 0 saturated heterocycles. The first-order valence-corrected chi connectivity index (χ1v) is 20.9. The first-order valence-electron chi connectivity index (χ1n) is 15.0. The van der Waals surface area contributed by atoms with Gasteiger partial charge in [-0.1, -0.05) is 36.4 Å². The van der Waals surface area contributed by atoms with E-state index in [2.05, 4.69) is 20.1 Å². The summed E-state index contributed by atoms with van der Waals surface area (Å²) in [5, 5.41) is 25.5. The second-order valence-electron chi connectivity index (χ2n) is 11.5. The van der Waals surface area contributed by atoms with Gasteiger partial charge in [-0.15, -0.1) is 0 Å². The van der Waals surface area contributed by atoms with Crippen molar-refractivity contribution < 1.29 is 57.8 Å². The highest BCUT2D eigenvalue weighted by Crippen LogP contribution is 2.35. The predicted octanol–water partition coefficient (Wildman–Crippen LogP) is 5.14. The molecule has 6 aromatic rings. The zero-order valence-electron chi connectivity index (χ0n) is 27.0. The average molecular weight is 815 g/mol. The Morgan fingerprint density at radius 2 is 0.815 bits per heavy atom. The van der Waals surface area contributed by atoms with E-state index in [4.69, 9.17) is 0 Å². The lowest BCUT2D eigenvalue weighted by Crippen LogP contribution is -2.20. The topological polar surface area (TPSA) is 283 Å². The number of sulfonamides is 2. The van der Waals surface area contributed by atoms with Crippen molar-refractivity contribution in [1.82, 2.24) is 0 Å². The molecule has 6 aromatic carbocycles. The van der Waals surface area contributed by atoms with Gasteiger partial charge in [0.1, 0.15) is 21.3 Å². The standard InChI is InChI=1S/C33H26N4O13S4/c38-29-17-21(15-27-25(29)9-3-11-31(27)53(45,46)47)36-51(41,42)23-7-1-5-19(13-23)34-33(40)35-20-6-2-8-24(14-20)52(43,44)37-22-16-28-26(30(39)18-22)10-4-12-32(28)54(48,49)50/h1-18,36-39H,(H2,34,35,40)(H,45,46,47)(H,48,49,50). The Balaban J connectivity index is 1.18. The van der Waals surface area contributed by atoms with E-state index < -0.39 is 67.6 Å². The molecular formula is C33H26N4O13S4. The van der Waals surface area contributed by atoms with E-state index in [0.29, 0.717) is 0 Å². The van der Waals surface area contributed by atoms with Crippen molar-refractivity contribution in [2.75, 3.05) is 20.1 Å². The van der Waals surface area contributed by atoms with Crippen molar-refractivity contribution in [3.8, 4) is 11.5 Å². The number of amides is 2. The van der Waals surface area contributed by atoms with E-state index >= 15 is 0 Å². The van der Waals surface area contributed by atoms with Gasteiger partial charge in [0.05, 0.1) is 21.2 Å². The lowest BCUT2D eigenvalue weighted by Gasteiger charge is -2.14. The molecule has 8 N–H and O–H groups in total. The van der Waals surface area contributed by atoms with Gasteiger partial charge in [-0.2, -0.15) is 16.8 Å². The van der Waals surface area contributed by atoms with Crippen LogP contribution in [0.2, 0.25) is 0 Å². The van der Waals surface area contributed by atoms with Gasteiger partial charge < -0.3 is 20.8 Å². The van der Waals surface area contributed by atoms with Gasteiger partial charge >= 0.3 is 6.03 Å². The molecule has 0 fully saturated rings. The fourth-order valence-corrected chi connectivity index (χ4v) is 9.01. The Morgan fingerprint density at radius 3 is 1.19 bits per heavy atom. The summed E-state index contributed by atoms with van der Waals surface area (Å²) in [7, 11) is -18.3. The largest absolute Gasteiger partial charge is 0.507 e. The van der Waals surface area contributed by atoms with Crippen molar-refractivity contribution in [3.63, 3.8) is 0 Å². The van der Waals surface area contributed by atoms with E-state index in [-0.39, 0.29) is 54.1 Å². The Bertz CT molecular complexity index is 2770. The van der Waals surface area contributed by atoms with Crippen LogP contribution in [0.5, 0.6) is 11.5 Å². The molecule has 0 atom stereocenters. The highest BCUT2D eigenvalue weighted by Gasteiger charge is 2.22. The van der Waals surface area contributed by atoms with Gasteiger partial charge in [0, 0.05) is 45.1 Å². The number of nitrogens with one attached hydrogen (secondary N) is 4. The number of hydrogen-bond donors (Lipinski definition) is 8. The van der Waals surface area contributed by atoms with Crippen molar-refractivity contribution in [1.29, 1.82) is 0 Å². The van der Waals surface area contributed by atoms with Crippen LogP contribution in [0.15, 0.2) is 129 Å². The molecule has 0 unspecified atom stereocenters. The summed E-state index contributed by atoms with van der Waals surface area (Å²) >= 11 is 0. The SMILES string of the molecule is O=C(Nc1cccc(S(=O)(=O)Nc2cc(O)c3cccc(S(=O)(=O)O)c3c2)c1)Nc1cccc(S(=O)(=O)Nc2cc(O)c3cccc(S(=O)(=O)O)c3c2)c1. The molecule has 54 heavy (non-hydrogen) atoms. The fraction of sp³-hybridized carbons (Fsp3) is 0. The van der Waals surface area contributed by atoms with E-state index in [1.165, 1.54) is 60.7 Å². The van der Waals surface area contributed by atoms with Crippen LogP contribution < -0.4 is 20.1 Å². The van der Waals surface area contributed by atoms with Crippen LogP contribution in [0, 0.1) is 0 Å². The third kappa shape index (κ3) is 8.00. The smallest absolute Gasteiger partial charge is 0.323 e. The number of fused-ring (bicyclic) bond motifs is 2. The Morgan fingerprint density at radius 1 is 0.444 bits per heavy atom. The molecule has 21 heteroatoms. The van der Waals surface area contributed by atoms with Crippen molar-refractivity contribution in [2.45, 2.75) is 19.6 Å². The summed E-state index contributed by atoms with van der Waals surface area (Å²) < 4.78 is 124. The monoisotopic (exact) mass is 814 g/mol. The number of carbonyl (C=O) groups is 1. The quantitative estimate of drug-likeness (QED) is 0.0833. The van der Waals surface area contributed by atoms with Crippen molar-refractivity contribution in [2.24, 2.45) is 0 Å². The third-order valence-corrected chi connectivity index (χ3v) is 12.3. The van der Waals surface area contributed by atoms with Crippen LogP contribution in [-0.2, 0) is 40.3 Å². The molecule has 0 aliphatic carbocycles. The number of anilines is 4. The molecule has 0 saturated carbocycles. The fourth-order valence-electron chi connectivity index (χ4n) is 5.45. The summed E-state index contributed by atoms with van der Waals surface area (Å²) in [4.78, 5) is 11.1. The molecule has 0 radical (unpaired) electrons. The second-order valence-corrected chi connectivity index (χ2v) is 17.6. The number of benzene rings is 6. The average Bonchev–Trinajstić information content (AvgIpc) is 3.07. The maximum Gasteiger partial charge on any atom is 0.323 e. The Kier molecular flexibility index (Phi) is 9.64. The molecule has 0 aliphatic heterocycles. The lowest BCUT2D eigenvalue weighted by atomic mass is 10.1.